The van der Waals surface area contributed by atoms with Gasteiger partial charge in [0.25, 0.3) is 11.5 Å². The summed E-state index contributed by atoms with van der Waals surface area (Å²) in [5.41, 5.74) is -1.19. The fourth-order valence-corrected chi connectivity index (χ4v) is 2.93. The molecule has 0 bridgehead atoms. The van der Waals surface area contributed by atoms with Crippen LogP contribution in [0.15, 0.2) is 59.4 Å². The maximum Gasteiger partial charge on any atom is 0.418 e. The molecule has 0 fully saturated rings. The van der Waals surface area contributed by atoms with Crippen LogP contribution in [-0.4, -0.2) is 34.9 Å². The van der Waals surface area contributed by atoms with E-state index < -0.39 is 41.5 Å². The number of anilines is 1. The summed E-state index contributed by atoms with van der Waals surface area (Å²) in [6.07, 6.45) is -4.67. The Morgan fingerprint density at radius 1 is 1.09 bits per heavy atom. The lowest BCUT2D eigenvalue weighted by molar-refractivity contribution is -0.137. The molecule has 3 aromatic rings. The van der Waals surface area contributed by atoms with E-state index in [1.54, 1.807) is 31.2 Å². The van der Waals surface area contributed by atoms with Crippen LogP contribution in [0, 0.1) is 6.92 Å². The van der Waals surface area contributed by atoms with Gasteiger partial charge in [-0.1, -0.05) is 29.8 Å². The Hall–Kier alpha value is -4.15. The van der Waals surface area contributed by atoms with Gasteiger partial charge in [-0.15, -0.1) is 0 Å². The fourth-order valence-electron chi connectivity index (χ4n) is 2.93. The van der Waals surface area contributed by atoms with E-state index in [0.717, 1.165) is 28.4 Å². The number of para-hydroxylation sites is 1. The van der Waals surface area contributed by atoms with Gasteiger partial charge >= 0.3 is 12.1 Å². The Bertz CT molecular complexity index is 1250. The molecule has 1 N–H and O–H groups in total. The standard InChI is InChI=1S/C23H20F3N3O5/c1-3-33-22(32)21-18(12-20(31)29(28-21)15-10-8-14(2)9-11-15)34-13-19(30)27-17-7-5-4-6-16(17)23(24,25)26/h4-12H,3,13H2,1-2H3,(H,27,30). The lowest BCUT2D eigenvalue weighted by atomic mass is 10.1. The molecule has 0 atom stereocenters. The zero-order valence-corrected chi connectivity index (χ0v) is 18.2. The van der Waals surface area contributed by atoms with Crippen molar-refractivity contribution >= 4 is 17.6 Å². The number of rotatable bonds is 7. The first-order chi connectivity index (χ1) is 16.1. The summed E-state index contributed by atoms with van der Waals surface area (Å²) < 4.78 is 50.6. The monoisotopic (exact) mass is 475 g/mol. The molecule has 1 amide bonds. The maximum absolute atomic E-state index is 13.1. The molecule has 11 heteroatoms. The Balaban J connectivity index is 1.86. The van der Waals surface area contributed by atoms with E-state index in [9.17, 15) is 27.6 Å². The van der Waals surface area contributed by atoms with Gasteiger partial charge in [0.15, 0.2) is 12.4 Å². The number of carbonyl (C=O) groups excluding carboxylic acids is 2. The quantitative estimate of drug-likeness (QED) is 0.523. The average molecular weight is 475 g/mol. The molecule has 8 nitrogen and oxygen atoms in total. The van der Waals surface area contributed by atoms with Crippen LogP contribution in [0.5, 0.6) is 5.75 Å². The first-order valence-electron chi connectivity index (χ1n) is 10.1. The van der Waals surface area contributed by atoms with Crippen molar-refractivity contribution in [2.24, 2.45) is 0 Å². The Kier molecular flexibility index (Phi) is 7.34. The number of nitrogens with zero attached hydrogens (tertiary/aromatic N) is 2. The number of hydrogen-bond acceptors (Lipinski definition) is 6. The van der Waals surface area contributed by atoms with Crippen molar-refractivity contribution in [1.29, 1.82) is 0 Å². The molecular weight excluding hydrogens is 455 g/mol. The highest BCUT2D eigenvalue weighted by Gasteiger charge is 2.33. The second-order valence-corrected chi connectivity index (χ2v) is 7.04. The number of benzene rings is 2. The molecule has 0 saturated carbocycles. The molecule has 0 aliphatic rings. The van der Waals surface area contributed by atoms with Crippen molar-refractivity contribution in [3.05, 3.63) is 81.8 Å². The van der Waals surface area contributed by atoms with Crippen LogP contribution in [0.25, 0.3) is 5.69 Å². The van der Waals surface area contributed by atoms with Crippen LogP contribution < -0.4 is 15.6 Å². The van der Waals surface area contributed by atoms with Crippen LogP contribution in [-0.2, 0) is 15.7 Å². The van der Waals surface area contributed by atoms with E-state index in [0.29, 0.717) is 5.69 Å². The highest BCUT2D eigenvalue weighted by atomic mass is 19.4. The lowest BCUT2D eigenvalue weighted by Gasteiger charge is -2.15. The summed E-state index contributed by atoms with van der Waals surface area (Å²) in [7, 11) is 0. The molecule has 0 unspecified atom stereocenters. The van der Waals surface area contributed by atoms with Crippen LogP contribution in [0.1, 0.15) is 28.5 Å². The van der Waals surface area contributed by atoms with Crippen LogP contribution >= 0.6 is 0 Å². The SMILES string of the molecule is CCOC(=O)c1nn(-c2ccc(C)cc2)c(=O)cc1OCC(=O)Nc1ccccc1C(F)(F)F. The molecule has 0 spiro atoms. The largest absolute Gasteiger partial charge is 0.481 e. The van der Waals surface area contributed by atoms with E-state index in [4.69, 9.17) is 9.47 Å². The fraction of sp³-hybridized carbons (Fsp3) is 0.217. The van der Waals surface area contributed by atoms with Gasteiger partial charge in [-0.2, -0.15) is 23.0 Å². The maximum atomic E-state index is 13.1. The van der Waals surface area contributed by atoms with Gasteiger partial charge in [-0.05, 0) is 38.1 Å². The third kappa shape index (κ3) is 5.80. The summed E-state index contributed by atoms with van der Waals surface area (Å²) in [5, 5.41) is 6.14. The minimum Gasteiger partial charge on any atom is -0.481 e. The topological polar surface area (TPSA) is 99.5 Å². The van der Waals surface area contributed by atoms with E-state index in [1.807, 2.05) is 6.92 Å². The summed E-state index contributed by atoms with van der Waals surface area (Å²) >= 11 is 0. The molecule has 0 radical (unpaired) electrons. The van der Waals surface area contributed by atoms with Crippen LogP contribution in [0.4, 0.5) is 18.9 Å². The Labute approximate surface area is 191 Å². The molecule has 0 aliphatic carbocycles. The summed E-state index contributed by atoms with van der Waals surface area (Å²) in [4.78, 5) is 37.2. The van der Waals surface area contributed by atoms with Gasteiger partial charge in [-0.25, -0.2) is 4.79 Å². The molecule has 178 valence electrons. The predicted molar refractivity (Wildman–Crippen MR) is 116 cm³/mol. The second kappa shape index (κ2) is 10.2. The number of halogens is 3. The zero-order valence-electron chi connectivity index (χ0n) is 18.2. The smallest absolute Gasteiger partial charge is 0.418 e. The first-order valence-corrected chi connectivity index (χ1v) is 10.1. The number of aryl methyl sites for hydroxylation is 1. The van der Waals surface area contributed by atoms with Gasteiger partial charge in [0.1, 0.15) is 0 Å². The van der Waals surface area contributed by atoms with Gasteiger partial charge in [-0.3, -0.25) is 9.59 Å². The number of alkyl halides is 3. The molecule has 1 aromatic heterocycles. The number of hydrogen-bond donors (Lipinski definition) is 1. The number of amides is 1. The minimum absolute atomic E-state index is 0.0122. The van der Waals surface area contributed by atoms with Crippen molar-refractivity contribution in [3.8, 4) is 11.4 Å². The third-order valence-corrected chi connectivity index (χ3v) is 4.51. The summed E-state index contributed by atoms with van der Waals surface area (Å²) in [6, 6.07) is 12.2. The Morgan fingerprint density at radius 3 is 2.41 bits per heavy atom. The van der Waals surface area contributed by atoms with Crippen molar-refractivity contribution < 1.29 is 32.2 Å². The highest BCUT2D eigenvalue weighted by molar-refractivity contribution is 5.93. The van der Waals surface area contributed by atoms with E-state index in [1.165, 1.54) is 12.1 Å². The molecule has 2 aromatic carbocycles. The predicted octanol–water partition coefficient (Wildman–Crippen LogP) is 3.75. The lowest BCUT2D eigenvalue weighted by Crippen LogP contribution is -2.27. The third-order valence-electron chi connectivity index (χ3n) is 4.51. The van der Waals surface area contributed by atoms with Crippen molar-refractivity contribution in [2.45, 2.75) is 20.0 Å². The summed E-state index contributed by atoms with van der Waals surface area (Å²) in [5.74, 6) is -2.18. The van der Waals surface area contributed by atoms with Gasteiger partial charge in [0.2, 0.25) is 5.69 Å². The number of aromatic nitrogens is 2. The van der Waals surface area contributed by atoms with Gasteiger partial charge < -0.3 is 14.8 Å². The molecule has 0 saturated heterocycles. The van der Waals surface area contributed by atoms with Crippen LogP contribution in [0.2, 0.25) is 0 Å². The second-order valence-electron chi connectivity index (χ2n) is 7.04. The molecule has 34 heavy (non-hydrogen) atoms. The van der Waals surface area contributed by atoms with Gasteiger partial charge in [0, 0.05) is 0 Å². The number of nitrogens with one attached hydrogen (secondary N) is 1. The number of carbonyl (C=O) groups is 2. The van der Waals surface area contributed by atoms with Crippen LogP contribution in [0.3, 0.4) is 0 Å². The summed E-state index contributed by atoms with van der Waals surface area (Å²) in [6.45, 7) is 2.66. The van der Waals surface area contributed by atoms with E-state index >= 15 is 0 Å². The van der Waals surface area contributed by atoms with Crippen molar-refractivity contribution in [2.75, 3.05) is 18.5 Å². The van der Waals surface area contributed by atoms with Crippen molar-refractivity contribution in [3.63, 3.8) is 0 Å². The normalized spacial score (nSPS) is 11.1. The molecule has 0 aliphatic heterocycles. The number of esters is 1. The average Bonchev–Trinajstić information content (AvgIpc) is 2.78. The molecule has 1 heterocycles. The van der Waals surface area contributed by atoms with E-state index in [2.05, 4.69) is 10.4 Å². The first kappa shape index (κ1) is 24.5. The minimum atomic E-state index is -4.67. The highest BCUT2D eigenvalue weighted by Crippen LogP contribution is 2.34. The zero-order chi connectivity index (χ0) is 24.9. The number of ether oxygens (including phenoxy) is 2. The van der Waals surface area contributed by atoms with Crippen molar-refractivity contribution in [1.82, 2.24) is 9.78 Å². The molecule has 3 rings (SSSR count). The molecular formula is C23H20F3N3O5. The Morgan fingerprint density at radius 2 is 1.76 bits per heavy atom. The van der Waals surface area contributed by atoms with Gasteiger partial charge in [0.05, 0.1) is 29.6 Å². The van der Waals surface area contributed by atoms with E-state index in [-0.39, 0.29) is 18.1 Å².